The molecule has 0 saturated heterocycles. The predicted molar refractivity (Wildman–Crippen MR) is 105 cm³/mol. The molecule has 3 rings (SSSR count). The molecule has 0 spiro atoms. The Morgan fingerprint density at radius 1 is 1.04 bits per heavy atom. The lowest BCUT2D eigenvalue weighted by Crippen LogP contribution is -2.24. The summed E-state index contributed by atoms with van der Waals surface area (Å²) in [5.74, 6) is -0.283. The van der Waals surface area contributed by atoms with Crippen LogP contribution in [0, 0.1) is 6.92 Å². The number of nitrogens with one attached hydrogen (secondary N) is 2. The third-order valence-electron chi connectivity index (χ3n) is 4.03. The molecule has 0 aliphatic rings. The molecule has 142 valence electrons. The number of anilines is 2. The Morgan fingerprint density at radius 3 is 2.57 bits per heavy atom. The summed E-state index contributed by atoms with van der Waals surface area (Å²) in [5.41, 5.74) is 3.47. The van der Waals surface area contributed by atoms with Crippen LogP contribution in [0.25, 0.3) is 0 Å². The second kappa shape index (κ2) is 8.77. The molecule has 0 atom stereocenters. The molecule has 1 heterocycles. The second-order valence-corrected chi connectivity index (χ2v) is 6.15. The van der Waals surface area contributed by atoms with Crippen molar-refractivity contribution < 1.29 is 14.3 Å². The van der Waals surface area contributed by atoms with Gasteiger partial charge in [0.2, 0.25) is 0 Å². The SMILES string of the molecule is COC(=O)c1cccc(Nc2cc(C(=O)NCc3ccc(C)cc3)ncn2)c1. The summed E-state index contributed by atoms with van der Waals surface area (Å²) in [6.45, 7) is 2.42. The molecule has 0 aliphatic carbocycles. The monoisotopic (exact) mass is 376 g/mol. The average Bonchev–Trinajstić information content (AvgIpc) is 2.73. The Bertz CT molecular complexity index is 987. The summed E-state index contributed by atoms with van der Waals surface area (Å²) in [5, 5.41) is 5.90. The maximum atomic E-state index is 12.4. The van der Waals surface area contributed by atoms with Gasteiger partial charge in [-0.25, -0.2) is 14.8 Å². The van der Waals surface area contributed by atoms with E-state index < -0.39 is 5.97 Å². The first-order valence-electron chi connectivity index (χ1n) is 8.66. The second-order valence-electron chi connectivity index (χ2n) is 6.15. The third kappa shape index (κ3) is 4.91. The number of benzene rings is 2. The van der Waals surface area contributed by atoms with Gasteiger partial charge in [-0.05, 0) is 30.7 Å². The van der Waals surface area contributed by atoms with Crippen LogP contribution in [-0.2, 0) is 11.3 Å². The van der Waals surface area contributed by atoms with Gasteiger partial charge >= 0.3 is 5.97 Å². The van der Waals surface area contributed by atoms with Crippen molar-refractivity contribution in [3.63, 3.8) is 0 Å². The third-order valence-corrected chi connectivity index (χ3v) is 4.03. The normalized spacial score (nSPS) is 10.2. The van der Waals surface area contributed by atoms with Crippen molar-refractivity contribution >= 4 is 23.4 Å². The lowest BCUT2D eigenvalue weighted by molar-refractivity contribution is 0.0600. The van der Waals surface area contributed by atoms with E-state index in [1.54, 1.807) is 30.3 Å². The van der Waals surface area contributed by atoms with Crippen LogP contribution in [-0.4, -0.2) is 29.0 Å². The predicted octanol–water partition coefficient (Wildman–Crippen LogP) is 3.25. The van der Waals surface area contributed by atoms with E-state index in [4.69, 9.17) is 4.74 Å². The summed E-state index contributed by atoms with van der Waals surface area (Å²) in [6, 6.07) is 16.3. The number of aromatic nitrogens is 2. The van der Waals surface area contributed by atoms with Gasteiger partial charge in [0.25, 0.3) is 5.91 Å². The van der Waals surface area contributed by atoms with Gasteiger partial charge < -0.3 is 15.4 Å². The average molecular weight is 376 g/mol. The number of nitrogens with zero attached hydrogens (tertiary/aromatic N) is 2. The molecule has 0 fully saturated rings. The molecule has 0 aliphatic heterocycles. The van der Waals surface area contributed by atoms with E-state index in [9.17, 15) is 9.59 Å². The molecule has 3 aromatic rings. The van der Waals surface area contributed by atoms with Gasteiger partial charge in [-0.3, -0.25) is 4.79 Å². The first-order valence-corrected chi connectivity index (χ1v) is 8.66. The molecule has 7 heteroatoms. The number of amides is 1. The van der Waals surface area contributed by atoms with Gasteiger partial charge in [0, 0.05) is 18.3 Å². The molecule has 0 bridgehead atoms. The van der Waals surface area contributed by atoms with Crippen molar-refractivity contribution in [3.05, 3.63) is 83.3 Å². The van der Waals surface area contributed by atoms with Gasteiger partial charge in [0.1, 0.15) is 17.8 Å². The minimum absolute atomic E-state index is 0.244. The number of carbonyl (C=O) groups excluding carboxylic acids is 2. The van der Waals surface area contributed by atoms with Gasteiger partial charge in [-0.15, -0.1) is 0 Å². The van der Waals surface area contributed by atoms with Crippen LogP contribution in [0.3, 0.4) is 0 Å². The number of rotatable bonds is 6. The van der Waals surface area contributed by atoms with E-state index in [0.29, 0.717) is 23.6 Å². The van der Waals surface area contributed by atoms with Gasteiger partial charge in [0.15, 0.2) is 0 Å². The number of hydrogen-bond acceptors (Lipinski definition) is 6. The zero-order valence-corrected chi connectivity index (χ0v) is 15.6. The van der Waals surface area contributed by atoms with Crippen molar-refractivity contribution in [2.75, 3.05) is 12.4 Å². The smallest absolute Gasteiger partial charge is 0.337 e. The van der Waals surface area contributed by atoms with Crippen LogP contribution in [0.1, 0.15) is 32.0 Å². The molecular weight excluding hydrogens is 356 g/mol. The van der Waals surface area contributed by atoms with Crippen molar-refractivity contribution in [3.8, 4) is 0 Å². The van der Waals surface area contributed by atoms with Crippen molar-refractivity contribution in [1.82, 2.24) is 15.3 Å². The van der Waals surface area contributed by atoms with Crippen LogP contribution >= 0.6 is 0 Å². The molecule has 0 saturated carbocycles. The van der Waals surface area contributed by atoms with Crippen LogP contribution in [0.4, 0.5) is 11.5 Å². The number of methoxy groups -OCH3 is 1. The van der Waals surface area contributed by atoms with E-state index in [0.717, 1.165) is 11.1 Å². The maximum absolute atomic E-state index is 12.4. The van der Waals surface area contributed by atoms with E-state index in [-0.39, 0.29) is 11.6 Å². The Balaban J connectivity index is 1.67. The highest BCUT2D eigenvalue weighted by molar-refractivity contribution is 5.93. The highest BCUT2D eigenvalue weighted by Gasteiger charge is 2.10. The molecule has 1 aromatic heterocycles. The molecule has 2 N–H and O–H groups in total. The standard InChI is InChI=1S/C21H20N4O3/c1-14-6-8-15(9-7-14)12-22-20(26)18-11-19(24-13-23-18)25-17-5-3-4-16(10-17)21(27)28-2/h3-11,13H,12H2,1-2H3,(H,22,26)(H,23,24,25). The minimum Gasteiger partial charge on any atom is -0.465 e. The number of aryl methyl sites for hydroxylation is 1. The van der Waals surface area contributed by atoms with E-state index in [2.05, 4.69) is 20.6 Å². The number of esters is 1. The summed E-state index contributed by atoms with van der Waals surface area (Å²) in [6.07, 6.45) is 1.31. The first-order chi connectivity index (χ1) is 13.5. The summed E-state index contributed by atoms with van der Waals surface area (Å²) in [7, 11) is 1.33. The molecule has 1 amide bonds. The van der Waals surface area contributed by atoms with Crippen molar-refractivity contribution in [2.24, 2.45) is 0 Å². The van der Waals surface area contributed by atoms with Gasteiger partial charge in [-0.1, -0.05) is 35.9 Å². The largest absolute Gasteiger partial charge is 0.465 e. The molecule has 2 aromatic carbocycles. The molecule has 0 unspecified atom stereocenters. The fourth-order valence-corrected chi connectivity index (χ4v) is 2.52. The van der Waals surface area contributed by atoms with Crippen molar-refractivity contribution in [2.45, 2.75) is 13.5 Å². The minimum atomic E-state index is -0.428. The molecule has 0 radical (unpaired) electrons. The first kappa shape index (κ1) is 19.0. The number of hydrogen-bond donors (Lipinski definition) is 2. The Labute approximate surface area is 162 Å². The Morgan fingerprint density at radius 2 is 1.82 bits per heavy atom. The fraction of sp³-hybridized carbons (Fsp3) is 0.143. The molecule has 28 heavy (non-hydrogen) atoms. The summed E-state index contributed by atoms with van der Waals surface area (Å²) < 4.78 is 4.72. The van der Waals surface area contributed by atoms with E-state index >= 15 is 0 Å². The van der Waals surface area contributed by atoms with Crippen LogP contribution in [0.5, 0.6) is 0 Å². The fourth-order valence-electron chi connectivity index (χ4n) is 2.52. The lowest BCUT2D eigenvalue weighted by Gasteiger charge is -2.09. The Hall–Kier alpha value is -3.74. The topological polar surface area (TPSA) is 93.2 Å². The Kier molecular flexibility index (Phi) is 5.96. The highest BCUT2D eigenvalue weighted by Crippen LogP contribution is 2.17. The van der Waals surface area contributed by atoms with Crippen molar-refractivity contribution in [1.29, 1.82) is 0 Å². The quantitative estimate of drug-likeness (QED) is 0.642. The van der Waals surface area contributed by atoms with Crippen LogP contribution in [0.2, 0.25) is 0 Å². The number of ether oxygens (including phenoxy) is 1. The van der Waals surface area contributed by atoms with Crippen LogP contribution in [0.15, 0.2) is 60.9 Å². The van der Waals surface area contributed by atoms with Gasteiger partial charge in [-0.2, -0.15) is 0 Å². The summed E-state index contributed by atoms with van der Waals surface area (Å²) >= 11 is 0. The zero-order chi connectivity index (χ0) is 19.9. The van der Waals surface area contributed by atoms with E-state index in [1.165, 1.54) is 13.4 Å². The molecular formula is C21H20N4O3. The van der Waals surface area contributed by atoms with Gasteiger partial charge in [0.05, 0.1) is 12.7 Å². The zero-order valence-electron chi connectivity index (χ0n) is 15.6. The van der Waals surface area contributed by atoms with Crippen LogP contribution < -0.4 is 10.6 Å². The van der Waals surface area contributed by atoms with E-state index in [1.807, 2.05) is 31.2 Å². The number of carbonyl (C=O) groups is 2. The molecule has 7 nitrogen and oxygen atoms in total. The highest BCUT2D eigenvalue weighted by atomic mass is 16.5. The summed E-state index contributed by atoms with van der Waals surface area (Å²) in [4.78, 5) is 32.2. The maximum Gasteiger partial charge on any atom is 0.337 e. The lowest BCUT2D eigenvalue weighted by atomic mass is 10.1.